The molecule has 0 aliphatic heterocycles. The zero-order valence-electron chi connectivity index (χ0n) is 8.42. The fraction of sp³-hybridized carbons (Fsp3) is 0.455. The van der Waals surface area contributed by atoms with Crippen LogP contribution in [0.25, 0.3) is 0 Å². The molecule has 1 aromatic heterocycles. The van der Waals surface area contributed by atoms with Gasteiger partial charge in [-0.15, -0.1) is 0 Å². The molecule has 0 fully saturated rings. The van der Waals surface area contributed by atoms with Crippen molar-refractivity contribution in [2.24, 2.45) is 0 Å². The van der Waals surface area contributed by atoms with Crippen molar-refractivity contribution in [3.8, 4) is 0 Å². The largest absolute Gasteiger partial charge is 0.500 e. The maximum atomic E-state index is 5.09. The molecule has 1 heterocycles. The first kappa shape index (κ1) is 9.90. The topological polar surface area (TPSA) is 14.2 Å². The Labute approximate surface area is 79.8 Å². The van der Waals surface area contributed by atoms with E-state index >= 15 is 0 Å². The molecule has 0 saturated heterocycles. The Morgan fingerprint density at radius 3 is 3.00 bits per heavy atom. The lowest BCUT2D eigenvalue weighted by atomic mass is 10.2. The third kappa shape index (κ3) is 2.38. The van der Waals surface area contributed by atoms with Gasteiger partial charge in [-0.1, -0.05) is 13.5 Å². The average molecular weight is 179 g/mol. The second-order valence-electron chi connectivity index (χ2n) is 3.03. The zero-order valence-corrected chi connectivity index (χ0v) is 8.42. The Hall–Kier alpha value is -1.18. The van der Waals surface area contributed by atoms with E-state index < -0.39 is 0 Å². The summed E-state index contributed by atoms with van der Waals surface area (Å²) in [5.74, 6) is 0. The molecule has 2 nitrogen and oxygen atoms in total. The third-order valence-electron chi connectivity index (χ3n) is 2.21. The lowest BCUT2D eigenvalue weighted by Gasteiger charge is -2.07. The van der Waals surface area contributed by atoms with E-state index in [2.05, 4.69) is 37.3 Å². The van der Waals surface area contributed by atoms with Crippen molar-refractivity contribution in [1.82, 2.24) is 4.57 Å². The molecule has 0 bridgehead atoms. The van der Waals surface area contributed by atoms with Crippen LogP contribution in [-0.2, 0) is 17.7 Å². The monoisotopic (exact) mass is 179 g/mol. The van der Waals surface area contributed by atoms with Crippen molar-refractivity contribution < 1.29 is 4.74 Å². The molecule has 0 aromatic carbocycles. The van der Waals surface area contributed by atoms with Crippen molar-refractivity contribution in [3.63, 3.8) is 0 Å². The van der Waals surface area contributed by atoms with Crippen LogP contribution in [0.4, 0.5) is 0 Å². The standard InChI is InChI=1S/C11H17NO/c1-4-11-10(3)6-7-12(11)8-9-13-5-2/h5-7H,2,4,8-9H2,1,3H3. The molecular formula is C11H17NO. The Balaban J connectivity index is 2.59. The molecule has 0 amide bonds. The minimum Gasteiger partial charge on any atom is -0.500 e. The molecule has 0 unspecified atom stereocenters. The van der Waals surface area contributed by atoms with Crippen LogP contribution in [0.3, 0.4) is 0 Å². The molecule has 1 aromatic rings. The van der Waals surface area contributed by atoms with Crippen molar-refractivity contribution in [1.29, 1.82) is 0 Å². The zero-order chi connectivity index (χ0) is 9.68. The smallest absolute Gasteiger partial charge is 0.105 e. The van der Waals surface area contributed by atoms with Crippen LogP contribution in [-0.4, -0.2) is 11.2 Å². The van der Waals surface area contributed by atoms with Crippen LogP contribution in [0.1, 0.15) is 18.2 Å². The van der Waals surface area contributed by atoms with Gasteiger partial charge in [-0.3, -0.25) is 0 Å². The minimum atomic E-state index is 0.699. The normalized spacial score (nSPS) is 10.0. The lowest BCUT2D eigenvalue weighted by Crippen LogP contribution is -2.06. The highest BCUT2D eigenvalue weighted by molar-refractivity contribution is 5.20. The third-order valence-corrected chi connectivity index (χ3v) is 2.21. The van der Waals surface area contributed by atoms with Gasteiger partial charge in [-0.05, 0) is 25.0 Å². The molecule has 0 saturated carbocycles. The molecule has 2 heteroatoms. The first-order chi connectivity index (χ1) is 6.29. The minimum absolute atomic E-state index is 0.699. The van der Waals surface area contributed by atoms with Crippen LogP contribution in [0, 0.1) is 6.92 Å². The van der Waals surface area contributed by atoms with Crippen LogP contribution in [0.15, 0.2) is 25.1 Å². The summed E-state index contributed by atoms with van der Waals surface area (Å²) < 4.78 is 7.32. The van der Waals surface area contributed by atoms with Crippen molar-refractivity contribution in [2.45, 2.75) is 26.8 Å². The summed E-state index contributed by atoms with van der Waals surface area (Å²) in [6, 6.07) is 2.15. The van der Waals surface area contributed by atoms with Crippen LogP contribution >= 0.6 is 0 Å². The maximum Gasteiger partial charge on any atom is 0.105 e. The van der Waals surface area contributed by atoms with Gasteiger partial charge in [-0.25, -0.2) is 0 Å². The predicted octanol–water partition coefficient (Wildman–Crippen LogP) is 2.52. The Kier molecular flexibility index (Phi) is 3.62. The highest BCUT2D eigenvalue weighted by Crippen LogP contribution is 2.10. The molecule has 72 valence electrons. The van der Waals surface area contributed by atoms with Gasteiger partial charge in [0, 0.05) is 11.9 Å². The number of aromatic nitrogens is 1. The first-order valence-corrected chi connectivity index (χ1v) is 4.66. The van der Waals surface area contributed by atoms with E-state index in [0.29, 0.717) is 6.61 Å². The number of ether oxygens (including phenoxy) is 1. The summed E-state index contributed by atoms with van der Waals surface area (Å²) in [6.45, 7) is 9.43. The van der Waals surface area contributed by atoms with Gasteiger partial charge in [-0.2, -0.15) is 0 Å². The Morgan fingerprint density at radius 2 is 2.38 bits per heavy atom. The Morgan fingerprint density at radius 1 is 1.62 bits per heavy atom. The van der Waals surface area contributed by atoms with E-state index in [1.165, 1.54) is 17.5 Å². The van der Waals surface area contributed by atoms with Crippen molar-refractivity contribution >= 4 is 0 Å². The fourth-order valence-electron chi connectivity index (χ4n) is 1.54. The number of aryl methyl sites for hydroxylation is 1. The molecule has 0 radical (unpaired) electrons. The average Bonchev–Trinajstić information content (AvgIpc) is 2.47. The van der Waals surface area contributed by atoms with E-state index in [1.807, 2.05) is 0 Å². The number of nitrogens with zero attached hydrogens (tertiary/aromatic N) is 1. The summed E-state index contributed by atoms with van der Waals surface area (Å²) in [5.41, 5.74) is 2.76. The molecule has 1 rings (SSSR count). The van der Waals surface area contributed by atoms with E-state index in [0.717, 1.165) is 13.0 Å². The van der Waals surface area contributed by atoms with Gasteiger partial charge in [0.15, 0.2) is 0 Å². The SMILES string of the molecule is C=COCCn1ccc(C)c1CC. The summed E-state index contributed by atoms with van der Waals surface area (Å²) >= 11 is 0. The number of hydrogen-bond donors (Lipinski definition) is 0. The van der Waals surface area contributed by atoms with Crippen molar-refractivity contribution in [2.75, 3.05) is 6.61 Å². The molecule has 13 heavy (non-hydrogen) atoms. The van der Waals surface area contributed by atoms with E-state index in [-0.39, 0.29) is 0 Å². The highest BCUT2D eigenvalue weighted by Gasteiger charge is 2.02. The van der Waals surface area contributed by atoms with Crippen molar-refractivity contribution in [3.05, 3.63) is 36.4 Å². The highest BCUT2D eigenvalue weighted by atomic mass is 16.5. The second kappa shape index (κ2) is 4.75. The van der Waals surface area contributed by atoms with Gasteiger partial charge in [0.05, 0.1) is 12.8 Å². The van der Waals surface area contributed by atoms with Gasteiger partial charge in [0.2, 0.25) is 0 Å². The molecular weight excluding hydrogens is 162 g/mol. The molecule has 0 spiro atoms. The molecule has 0 aliphatic rings. The van der Waals surface area contributed by atoms with E-state index in [4.69, 9.17) is 4.74 Å². The summed E-state index contributed by atoms with van der Waals surface area (Å²) in [6.07, 6.45) is 4.68. The van der Waals surface area contributed by atoms with Gasteiger partial charge < -0.3 is 9.30 Å². The summed E-state index contributed by atoms with van der Waals surface area (Å²) in [4.78, 5) is 0. The van der Waals surface area contributed by atoms with Gasteiger partial charge in [0.1, 0.15) is 6.61 Å². The van der Waals surface area contributed by atoms with E-state index in [1.54, 1.807) is 0 Å². The quantitative estimate of drug-likeness (QED) is 0.500. The Bertz CT molecular complexity index is 276. The predicted molar refractivity (Wildman–Crippen MR) is 54.7 cm³/mol. The van der Waals surface area contributed by atoms with E-state index in [9.17, 15) is 0 Å². The van der Waals surface area contributed by atoms with Gasteiger partial charge in [0.25, 0.3) is 0 Å². The first-order valence-electron chi connectivity index (χ1n) is 4.66. The fourth-order valence-corrected chi connectivity index (χ4v) is 1.54. The second-order valence-corrected chi connectivity index (χ2v) is 3.03. The van der Waals surface area contributed by atoms with Gasteiger partial charge >= 0.3 is 0 Å². The summed E-state index contributed by atoms with van der Waals surface area (Å²) in [5, 5.41) is 0. The molecule has 0 aliphatic carbocycles. The van der Waals surface area contributed by atoms with Crippen LogP contribution in [0.2, 0.25) is 0 Å². The molecule has 0 N–H and O–H groups in total. The summed E-state index contributed by atoms with van der Waals surface area (Å²) in [7, 11) is 0. The number of hydrogen-bond acceptors (Lipinski definition) is 1. The lowest BCUT2D eigenvalue weighted by molar-refractivity contribution is 0.235. The maximum absolute atomic E-state index is 5.09. The van der Waals surface area contributed by atoms with Crippen LogP contribution in [0.5, 0.6) is 0 Å². The molecule has 0 atom stereocenters. The number of rotatable bonds is 5. The van der Waals surface area contributed by atoms with Crippen LogP contribution < -0.4 is 0 Å².